The quantitative estimate of drug-likeness (QED) is 0.795. The topological polar surface area (TPSA) is 84.9 Å². The fourth-order valence-corrected chi connectivity index (χ4v) is 4.15. The zero-order chi connectivity index (χ0) is 18.6. The molecule has 1 aliphatic carbocycles. The first-order valence-electron chi connectivity index (χ1n) is 8.36. The van der Waals surface area contributed by atoms with Crippen molar-refractivity contribution in [3.63, 3.8) is 0 Å². The molecule has 1 saturated carbocycles. The van der Waals surface area contributed by atoms with Crippen LogP contribution in [0.2, 0.25) is 0 Å². The van der Waals surface area contributed by atoms with Gasteiger partial charge in [-0.2, -0.15) is 0 Å². The van der Waals surface area contributed by atoms with Crippen molar-refractivity contribution in [1.29, 1.82) is 0 Å². The van der Waals surface area contributed by atoms with Gasteiger partial charge in [0.15, 0.2) is 11.5 Å². The van der Waals surface area contributed by atoms with Gasteiger partial charge in [-0.3, -0.25) is 9.10 Å². The fraction of sp³-hybridized carbons (Fsp3) is 0.588. The summed E-state index contributed by atoms with van der Waals surface area (Å²) >= 11 is 0. The van der Waals surface area contributed by atoms with Crippen molar-refractivity contribution in [1.82, 2.24) is 5.32 Å². The number of amides is 1. The monoisotopic (exact) mass is 370 g/mol. The molecule has 8 heteroatoms. The molecule has 0 spiro atoms. The number of nitrogens with zero attached hydrogens (tertiary/aromatic N) is 1. The summed E-state index contributed by atoms with van der Waals surface area (Å²) in [6.07, 6.45) is 5.18. The molecule has 1 aromatic carbocycles. The van der Waals surface area contributed by atoms with Crippen LogP contribution in [0.25, 0.3) is 0 Å². The highest BCUT2D eigenvalue weighted by atomic mass is 32.2. The van der Waals surface area contributed by atoms with Gasteiger partial charge in [0.1, 0.15) is 0 Å². The smallest absolute Gasteiger partial charge is 0.253 e. The number of methoxy groups -OCH3 is 2. The van der Waals surface area contributed by atoms with Crippen molar-refractivity contribution in [2.24, 2.45) is 0 Å². The van der Waals surface area contributed by atoms with Crippen LogP contribution in [0.3, 0.4) is 0 Å². The molecular formula is C17H26N2O5S. The van der Waals surface area contributed by atoms with Crippen molar-refractivity contribution in [3.8, 4) is 11.5 Å². The SMILES string of the molecule is CCN(c1cc(OC)c(OC)cc1C(=O)NC1CCCC1)S(C)(=O)=O. The highest BCUT2D eigenvalue weighted by Crippen LogP contribution is 2.36. The van der Waals surface area contributed by atoms with Gasteiger partial charge in [-0.15, -0.1) is 0 Å². The molecule has 2 rings (SSSR count). The van der Waals surface area contributed by atoms with E-state index in [1.54, 1.807) is 6.92 Å². The van der Waals surface area contributed by atoms with Crippen molar-refractivity contribution in [2.75, 3.05) is 31.3 Å². The van der Waals surface area contributed by atoms with Gasteiger partial charge in [0.05, 0.1) is 31.7 Å². The average molecular weight is 370 g/mol. The third-order valence-corrected chi connectivity index (χ3v) is 5.65. The van der Waals surface area contributed by atoms with Gasteiger partial charge in [0.2, 0.25) is 10.0 Å². The Morgan fingerprint density at radius 3 is 2.24 bits per heavy atom. The van der Waals surface area contributed by atoms with E-state index in [-0.39, 0.29) is 29.7 Å². The molecule has 0 radical (unpaired) electrons. The molecule has 1 aromatic rings. The van der Waals surface area contributed by atoms with Crippen LogP contribution in [-0.2, 0) is 10.0 Å². The number of carbonyl (C=O) groups excluding carboxylic acids is 1. The summed E-state index contributed by atoms with van der Waals surface area (Å²) < 4.78 is 36.1. The van der Waals surface area contributed by atoms with E-state index >= 15 is 0 Å². The molecule has 140 valence electrons. The summed E-state index contributed by atoms with van der Waals surface area (Å²) in [6, 6.07) is 3.20. The predicted molar refractivity (Wildman–Crippen MR) is 97.1 cm³/mol. The number of hydrogen-bond acceptors (Lipinski definition) is 5. The van der Waals surface area contributed by atoms with Crippen LogP contribution in [-0.4, -0.2) is 47.4 Å². The zero-order valence-electron chi connectivity index (χ0n) is 15.2. The van der Waals surface area contributed by atoms with E-state index in [0.29, 0.717) is 11.5 Å². The lowest BCUT2D eigenvalue weighted by molar-refractivity contribution is 0.0938. The van der Waals surface area contributed by atoms with Crippen LogP contribution in [0, 0.1) is 0 Å². The third kappa shape index (κ3) is 4.36. The Kier molecular flexibility index (Phi) is 6.16. The predicted octanol–water partition coefficient (Wildman–Crippen LogP) is 2.16. The Morgan fingerprint density at radius 2 is 1.76 bits per heavy atom. The van der Waals surface area contributed by atoms with Gasteiger partial charge in [0, 0.05) is 18.7 Å². The van der Waals surface area contributed by atoms with Crippen LogP contribution in [0.5, 0.6) is 11.5 Å². The summed E-state index contributed by atoms with van der Waals surface area (Å²) in [6.45, 7) is 1.93. The number of rotatable bonds is 7. The minimum atomic E-state index is -3.54. The maximum absolute atomic E-state index is 12.8. The molecule has 0 aliphatic heterocycles. The van der Waals surface area contributed by atoms with Crippen LogP contribution >= 0.6 is 0 Å². The van der Waals surface area contributed by atoms with Gasteiger partial charge < -0.3 is 14.8 Å². The summed E-state index contributed by atoms with van der Waals surface area (Å²) in [5, 5.41) is 3.00. The van der Waals surface area contributed by atoms with Crippen LogP contribution in [0.15, 0.2) is 12.1 Å². The lowest BCUT2D eigenvalue weighted by Crippen LogP contribution is -2.36. The van der Waals surface area contributed by atoms with E-state index in [1.807, 2.05) is 0 Å². The van der Waals surface area contributed by atoms with Crippen molar-refractivity contribution < 1.29 is 22.7 Å². The second kappa shape index (κ2) is 7.95. The average Bonchev–Trinajstić information content (AvgIpc) is 3.06. The van der Waals surface area contributed by atoms with Crippen LogP contribution < -0.4 is 19.1 Å². The second-order valence-corrected chi connectivity index (χ2v) is 8.01. The Morgan fingerprint density at radius 1 is 1.20 bits per heavy atom. The lowest BCUT2D eigenvalue weighted by atomic mass is 10.1. The summed E-state index contributed by atoms with van der Waals surface area (Å²) in [5.74, 6) is 0.453. The Hall–Kier alpha value is -1.96. The van der Waals surface area contributed by atoms with Gasteiger partial charge >= 0.3 is 0 Å². The molecule has 0 bridgehead atoms. The first-order valence-corrected chi connectivity index (χ1v) is 10.2. The maximum Gasteiger partial charge on any atom is 0.253 e. The molecule has 0 aromatic heterocycles. The Balaban J connectivity index is 2.52. The van der Waals surface area contributed by atoms with Crippen molar-refractivity contribution >= 4 is 21.6 Å². The van der Waals surface area contributed by atoms with E-state index < -0.39 is 10.0 Å². The van der Waals surface area contributed by atoms with E-state index in [2.05, 4.69) is 5.32 Å². The number of carbonyl (C=O) groups is 1. The third-order valence-electron chi connectivity index (χ3n) is 4.39. The van der Waals surface area contributed by atoms with Crippen molar-refractivity contribution in [2.45, 2.75) is 38.6 Å². The number of nitrogens with one attached hydrogen (secondary N) is 1. The van der Waals surface area contributed by atoms with Crippen LogP contribution in [0.4, 0.5) is 5.69 Å². The second-order valence-electron chi connectivity index (χ2n) is 6.11. The van der Waals surface area contributed by atoms with E-state index in [0.717, 1.165) is 31.9 Å². The number of anilines is 1. The highest BCUT2D eigenvalue weighted by molar-refractivity contribution is 7.92. The molecule has 1 amide bonds. The molecule has 25 heavy (non-hydrogen) atoms. The molecular weight excluding hydrogens is 344 g/mol. The first kappa shape index (κ1) is 19.4. The molecule has 0 heterocycles. The van der Waals surface area contributed by atoms with Crippen molar-refractivity contribution in [3.05, 3.63) is 17.7 Å². The zero-order valence-corrected chi connectivity index (χ0v) is 16.0. The Bertz CT molecular complexity index is 727. The molecule has 7 nitrogen and oxygen atoms in total. The lowest BCUT2D eigenvalue weighted by Gasteiger charge is -2.25. The molecule has 1 fully saturated rings. The van der Waals surface area contributed by atoms with Gasteiger partial charge in [-0.05, 0) is 25.8 Å². The van der Waals surface area contributed by atoms with Crippen LogP contribution in [0.1, 0.15) is 43.0 Å². The van der Waals surface area contributed by atoms with Gasteiger partial charge in [0.25, 0.3) is 5.91 Å². The van der Waals surface area contributed by atoms with E-state index in [1.165, 1.54) is 30.7 Å². The maximum atomic E-state index is 12.8. The first-order chi connectivity index (χ1) is 11.8. The standard InChI is InChI=1S/C17H26N2O5S/c1-5-19(25(4,21)22)14-11-16(24-3)15(23-2)10-13(14)17(20)18-12-8-6-7-9-12/h10-12H,5-9H2,1-4H3,(H,18,20). The Labute approximate surface area is 149 Å². The van der Waals surface area contributed by atoms with Gasteiger partial charge in [-0.1, -0.05) is 12.8 Å². The van der Waals surface area contributed by atoms with E-state index in [4.69, 9.17) is 9.47 Å². The number of benzene rings is 1. The van der Waals surface area contributed by atoms with E-state index in [9.17, 15) is 13.2 Å². The number of sulfonamides is 1. The minimum Gasteiger partial charge on any atom is -0.493 e. The molecule has 0 atom stereocenters. The highest BCUT2D eigenvalue weighted by Gasteiger charge is 2.27. The summed E-state index contributed by atoms with van der Waals surface area (Å²) in [7, 11) is -0.593. The summed E-state index contributed by atoms with van der Waals surface area (Å²) in [5.41, 5.74) is 0.551. The number of hydrogen-bond donors (Lipinski definition) is 1. The molecule has 1 N–H and O–H groups in total. The van der Waals surface area contributed by atoms with Gasteiger partial charge in [-0.25, -0.2) is 8.42 Å². The molecule has 0 saturated heterocycles. The number of ether oxygens (including phenoxy) is 2. The molecule has 1 aliphatic rings. The largest absolute Gasteiger partial charge is 0.493 e. The molecule has 0 unspecified atom stereocenters. The summed E-state index contributed by atoms with van der Waals surface area (Å²) in [4.78, 5) is 12.8. The normalized spacial score (nSPS) is 15.0. The fourth-order valence-electron chi connectivity index (χ4n) is 3.17. The minimum absolute atomic E-state index is 0.127.